The molecule has 4 heteroatoms. The lowest BCUT2D eigenvalue weighted by atomic mass is 10.0. The molecule has 0 radical (unpaired) electrons. The SMILES string of the molecule is c1ccc(-c2cccc(-n3c4ccccc4c4cc(-n5c6ccc(-n7c8ccccc8c8ccc(-c9ccccc9)cc87)cc6c6cc([Si](c7ccccc7)(c7ccccc7)c7ccccc7)ccc65)ccc43)c2)cc1. The van der Waals surface area contributed by atoms with Crippen LogP contribution in [0.15, 0.2) is 297 Å². The Morgan fingerprint density at radius 2 is 0.553 bits per heavy atom. The van der Waals surface area contributed by atoms with Crippen LogP contribution in [0.5, 0.6) is 0 Å². The first-order valence-corrected chi connectivity index (χ1v) is 28.2. The van der Waals surface area contributed by atoms with Gasteiger partial charge in [-0.25, -0.2) is 0 Å². The van der Waals surface area contributed by atoms with Crippen LogP contribution in [0.4, 0.5) is 0 Å². The summed E-state index contributed by atoms with van der Waals surface area (Å²) in [5.41, 5.74) is 15.2. The summed E-state index contributed by atoms with van der Waals surface area (Å²) in [5.74, 6) is 0. The first-order valence-electron chi connectivity index (χ1n) is 26.2. The predicted octanol–water partition coefficient (Wildman–Crippen LogP) is 15.7. The van der Waals surface area contributed by atoms with Crippen molar-refractivity contribution in [3.05, 3.63) is 297 Å². The molecule has 15 rings (SSSR count). The molecule has 0 amide bonds. The fraction of sp³-hybridized carbons (Fsp3) is 0. The molecule has 12 aromatic carbocycles. The second kappa shape index (κ2) is 17.7. The van der Waals surface area contributed by atoms with Crippen molar-refractivity contribution in [3.63, 3.8) is 0 Å². The van der Waals surface area contributed by atoms with Crippen molar-refractivity contribution in [2.45, 2.75) is 0 Å². The van der Waals surface area contributed by atoms with Gasteiger partial charge < -0.3 is 13.7 Å². The molecule has 0 aliphatic heterocycles. The lowest BCUT2D eigenvalue weighted by Gasteiger charge is -2.34. The van der Waals surface area contributed by atoms with E-state index in [0.717, 1.165) is 22.6 Å². The summed E-state index contributed by atoms with van der Waals surface area (Å²) < 4.78 is 7.42. The van der Waals surface area contributed by atoms with Crippen LogP contribution in [0.2, 0.25) is 0 Å². The second-order valence-electron chi connectivity index (χ2n) is 20.0. The highest BCUT2D eigenvalue weighted by Crippen LogP contribution is 2.40. The minimum Gasteiger partial charge on any atom is -0.309 e. The Hall–Kier alpha value is -9.74. The van der Waals surface area contributed by atoms with Gasteiger partial charge in [0.1, 0.15) is 0 Å². The van der Waals surface area contributed by atoms with Gasteiger partial charge in [0.25, 0.3) is 0 Å². The van der Waals surface area contributed by atoms with Gasteiger partial charge in [-0.2, -0.15) is 0 Å². The summed E-state index contributed by atoms with van der Waals surface area (Å²) in [4.78, 5) is 0. The highest BCUT2D eigenvalue weighted by atomic mass is 28.3. The molecule has 3 nitrogen and oxygen atoms in total. The molecule has 0 atom stereocenters. The molecular weight excluding hydrogens is 935 g/mol. The summed E-state index contributed by atoms with van der Waals surface area (Å²) in [6.45, 7) is 0. The van der Waals surface area contributed by atoms with Crippen LogP contribution in [-0.4, -0.2) is 21.8 Å². The van der Waals surface area contributed by atoms with Gasteiger partial charge in [-0.05, 0) is 116 Å². The van der Waals surface area contributed by atoms with Crippen LogP contribution >= 0.6 is 0 Å². The zero-order chi connectivity index (χ0) is 50.2. The normalized spacial score (nSPS) is 11.9. The van der Waals surface area contributed by atoms with Crippen molar-refractivity contribution in [1.82, 2.24) is 13.7 Å². The Balaban J connectivity index is 1.01. The minimum absolute atomic E-state index is 1.12. The van der Waals surface area contributed by atoms with E-state index in [0.29, 0.717) is 0 Å². The first kappa shape index (κ1) is 43.8. The molecule has 0 unspecified atom stereocenters. The second-order valence-corrected chi connectivity index (χ2v) is 23.8. The largest absolute Gasteiger partial charge is 0.309 e. The van der Waals surface area contributed by atoms with E-state index in [1.54, 1.807) is 0 Å². The monoisotopic (exact) mass is 983 g/mol. The summed E-state index contributed by atoms with van der Waals surface area (Å²) in [5, 5.41) is 12.7. The molecule has 356 valence electrons. The Morgan fingerprint density at radius 3 is 1.09 bits per heavy atom. The van der Waals surface area contributed by atoms with Gasteiger partial charge in [0.05, 0.1) is 33.1 Å². The number of hydrogen-bond acceptors (Lipinski definition) is 0. The Bertz CT molecular complexity index is 4570. The number of aromatic nitrogens is 3. The van der Waals surface area contributed by atoms with Gasteiger partial charge in [-0.3, -0.25) is 0 Å². The van der Waals surface area contributed by atoms with E-state index in [4.69, 9.17) is 0 Å². The number of fused-ring (bicyclic) bond motifs is 9. The van der Waals surface area contributed by atoms with Crippen LogP contribution in [0.3, 0.4) is 0 Å². The molecule has 0 aliphatic carbocycles. The van der Waals surface area contributed by atoms with E-state index < -0.39 is 8.07 Å². The highest BCUT2D eigenvalue weighted by Gasteiger charge is 2.41. The van der Waals surface area contributed by atoms with Crippen LogP contribution in [0.25, 0.3) is 105 Å². The molecular formula is C72H49N3Si. The highest BCUT2D eigenvalue weighted by molar-refractivity contribution is 7.20. The van der Waals surface area contributed by atoms with Crippen molar-refractivity contribution < 1.29 is 0 Å². The molecule has 0 saturated heterocycles. The van der Waals surface area contributed by atoms with E-state index in [2.05, 4.69) is 311 Å². The van der Waals surface area contributed by atoms with Crippen molar-refractivity contribution in [1.29, 1.82) is 0 Å². The van der Waals surface area contributed by atoms with Gasteiger partial charge in [0.2, 0.25) is 0 Å². The van der Waals surface area contributed by atoms with Gasteiger partial charge in [-0.15, -0.1) is 0 Å². The smallest absolute Gasteiger partial charge is 0.179 e. The summed E-state index contributed by atoms with van der Waals surface area (Å²) in [6, 6.07) is 111. The minimum atomic E-state index is -2.89. The maximum absolute atomic E-state index is 2.89. The third-order valence-corrected chi connectivity index (χ3v) is 20.7. The number of rotatable bonds is 9. The third kappa shape index (κ3) is 6.81. The number of hydrogen-bond donors (Lipinski definition) is 0. The first-order chi connectivity index (χ1) is 37.7. The molecule has 3 heterocycles. The molecule has 0 N–H and O–H groups in total. The third-order valence-electron chi connectivity index (χ3n) is 16.0. The fourth-order valence-corrected chi connectivity index (χ4v) is 17.4. The summed E-state index contributed by atoms with van der Waals surface area (Å²) >= 11 is 0. The van der Waals surface area contributed by atoms with Crippen molar-refractivity contribution in [2.75, 3.05) is 0 Å². The lowest BCUT2D eigenvalue weighted by molar-refractivity contribution is 1.16. The van der Waals surface area contributed by atoms with E-state index in [9.17, 15) is 0 Å². The average molecular weight is 984 g/mol. The molecule has 0 fully saturated rings. The topological polar surface area (TPSA) is 14.8 Å². The van der Waals surface area contributed by atoms with E-state index in [1.165, 1.54) is 103 Å². The van der Waals surface area contributed by atoms with Gasteiger partial charge in [0.15, 0.2) is 8.07 Å². The summed E-state index contributed by atoms with van der Waals surface area (Å²) in [7, 11) is -2.89. The predicted molar refractivity (Wildman–Crippen MR) is 324 cm³/mol. The molecule has 0 aliphatic rings. The molecule has 3 aromatic heterocycles. The molecule has 0 bridgehead atoms. The van der Waals surface area contributed by atoms with Crippen LogP contribution in [0.1, 0.15) is 0 Å². The Morgan fingerprint density at radius 1 is 0.184 bits per heavy atom. The molecule has 15 aromatic rings. The lowest BCUT2D eigenvalue weighted by Crippen LogP contribution is -2.74. The quantitative estimate of drug-likeness (QED) is 0.101. The molecule has 0 spiro atoms. The fourth-order valence-electron chi connectivity index (χ4n) is 12.6. The summed E-state index contributed by atoms with van der Waals surface area (Å²) in [6.07, 6.45) is 0. The maximum Gasteiger partial charge on any atom is 0.179 e. The van der Waals surface area contributed by atoms with Gasteiger partial charge in [-0.1, -0.05) is 224 Å². The molecule has 0 saturated carbocycles. The average Bonchev–Trinajstić information content (AvgIpc) is 4.18. The van der Waals surface area contributed by atoms with Crippen LogP contribution < -0.4 is 20.7 Å². The van der Waals surface area contributed by atoms with E-state index in [1.807, 2.05) is 0 Å². The zero-order valence-corrected chi connectivity index (χ0v) is 42.6. The zero-order valence-electron chi connectivity index (χ0n) is 41.6. The number of benzene rings is 12. The van der Waals surface area contributed by atoms with Gasteiger partial charge >= 0.3 is 0 Å². The van der Waals surface area contributed by atoms with Crippen molar-refractivity contribution >= 4 is 94.2 Å². The van der Waals surface area contributed by atoms with Crippen LogP contribution in [0, 0.1) is 0 Å². The van der Waals surface area contributed by atoms with E-state index in [-0.39, 0.29) is 0 Å². The Kier molecular flexibility index (Phi) is 10.2. The van der Waals surface area contributed by atoms with Gasteiger partial charge in [0, 0.05) is 49.4 Å². The molecule has 76 heavy (non-hydrogen) atoms. The van der Waals surface area contributed by atoms with Crippen molar-refractivity contribution in [3.8, 4) is 39.3 Å². The number of nitrogens with zero attached hydrogens (tertiary/aromatic N) is 3. The van der Waals surface area contributed by atoms with Crippen LogP contribution in [-0.2, 0) is 0 Å². The maximum atomic E-state index is 2.56. The standard InChI is InChI=1S/C72H49N3Si/c1-6-21-50(22-7-1)52-25-20-26-54(45-52)73-68-36-19-17-34-62(68)64-47-55(38-42-69(64)73)74-70-43-39-56(75-67-35-18-16-33-61(67)63-41-37-53(46-72(63)75)51-23-8-2-9-24-51)48-65(70)66-49-60(40-44-71(66)74)76(57-27-10-3-11-28-57,58-29-12-4-13-30-58)59-31-14-5-15-32-59/h1-49H. The number of para-hydroxylation sites is 2. The Labute approximate surface area is 442 Å². The van der Waals surface area contributed by atoms with Crippen molar-refractivity contribution in [2.24, 2.45) is 0 Å². The van der Waals surface area contributed by atoms with E-state index >= 15 is 0 Å².